The number of carbonyl (C=O) groups is 2. The molecule has 2 aromatic rings. The molecule has 1 N–H and O–H groups in total. The second-order valence-electron chi connectivity index (χ2n) is 3.77. The Morgan fingerprint density at radius 2 is 2.10 bits per heavy atom. The monoisotopic (exact) mass is 373 g/mol. The molecule has 0 aliphatic rings. The van der Waals surface area contributed by atoms with E-state index >= 15 is 0 Å². The van der Waals surface area contributed by atoms with Crippen molar-refractivity contribution < 1.29 is 14.3 Å². The molecule has 7 heteroatoms. The van der Waals surface area contributed by atoms with Gasteiger partial charge in [-0.25, -0.2) is 4.79 Å². The van der Waals surface area contributed by atoms with Gasteiger partial charge in [0.1, 0.15) is 4.88 Å². The minimum Gasteiger partial charge on any atom is -0.465 e. The van der Waals surface area contributed by atoms with Crippen molar-refractivity contribution in [2.24, 2.45) is 0 Å². The summed E-state index contributed by atoms with van der Waals surface area (Å²) in [6.07, 6.45) is 0. The number of esters is 1. The Morgan fingerprint density at radius 1 is 1.35 bits per heavy atom. The second kappa shape index (κ2) is 6.39. The maximum Gasteiger partial charge on any atom is 0.350 e. The van der Waals surface area contributed by atoms with Gasteiger partial charge in [-0.3, -0.25) is 4.79 Å². The van der Waals surface area contributed by atoms with Crippen LogP contribution in [0, 0.1) is 0 Å². The number of hydrogen-bond acceptors (Lipinski definition) is 4. The quantitative estimate of drug-likeness (QED) is 0.819. The summed E-state index contributed by atoms with van der Waals surface area (Å²) in [7, 11) is 1.29. The number of carbonyl (C=O) groups excluding carboxylic acids is 2. The third-order valence-electron chi connectivity index (χ3n) is 2.41. The Kier molecular flexibility index (Phi) is 4.80. The Labute approximate surface area is 132 Å². The summed E-state index contributed by atoms with van der Waals surface area (Å²) in [5, 5.41) is 4.82. The van der Waals surface area contributed by atoms with E-state index in [1.165, 1.54) is 18.4 Å². The molecule has 2 rings (SSSR count). The Morgan fingerprint density at radius 3 is 2.75 bits per heavy atom. The molecule has 0 aliphatic heterocycles. The molecule has 104 valence electrons. The first-order valence-corrected chi connectivity index (χ1v) is 7.49. The normalized spacial score (nSPS) is 10.2. The van der Waals surface area contributed by atoms with Crippen molar-refractivity contribution >= 4 is 56.4 Å². The molecule has 20 heavy (non-hydrogen) atoms. The average Bonchev–Trinajstić information content (AvgIpc) is 2.84. The highest BCUT2D eigenvalue weighted by Gasteiger charge is 2.16. The van der Waals surface area contributed by atoms with Gasteiger partial charge in [0.2, 0.25) is 0 Å². The number of methoxy groups -OCH3 is 1. The molecule has 4 nitrogen and oxygen atoms in total. The smallest absolute Gasteiger partial charge is 0.350 e. The second-order valence-corrected chi connectivity index (χ2v) is 6.04. The lowest BCUT2D eigenvalue weighted by Gasteiger charge is -2.06. The molecule has 1 aromatic heterocycles. The minimum atomic E-state index is -0.484. The zero-order valence-corrected chi connectivity index (χ0v) is 13.4. The van der Waals surface area contributed by atoms with Crippen molar-refractivity contribution in [1.29, 1.82) is 0 Å². The Bertz CT molecular complexity index is 651. The van der Waals surface area contributed by atoms with E-state index < -0.39 is 5.97 Å². The Hall–Kier alpha value is -1.37. The van der Waals surface area contributed by atoms with E-state index in [1.807, 2.05) is 0 Å². The van der Waals surface area contributed by atoms with Crippen LogP contribution < -0.4 is 5.32 Å². The summed E-state index contributed by atoms with van der Waals surface area (Å²) < 4.78 is 5.35. The molecule has 0 saturated carbocycles. The number of rotatable bonds is 3. The van der Waals surface area contributed by atoms with Crippen LogP contribution in [-0.4, -0.2) is 19.0 Å². The fourth-order valence-electron chi connectivity index (χ4n) is 1.54. The first kappa shape index (κ1) is 15.0. The molecule has 0 unspecified atom stereocenters. The van der Waals surface area contributed by atoms with Crippen molar-refractivity contribution in [2.45, 2.75) is 0 Å². The topological polar surface area (TPSA) is 55.4 Å². The van der Waals surface area contributed by atoms with Crippen LogP contribution in [0.3, 0.4) is 0 Å². The van der Waals surface area contributed by atoms with Gasteiger partial charge >= 0.3 is 5.97 Å². The van der Waals surface area contributed by atoms with Gasteiger partial charge in [-0.2, -0.15) is 0 Å². The number of thiophene rings is 1. The molecule has 1 aromatic carbocycles. The minimum absolute atomic E-state index is 0.349. The van der Waals surface area contributed by atoms with E-state index in [0.29, 0.717) is 25.6 Å². The van der Waals surface area contributed by atoms with Crippen molar-refractivity contribution in [3.05, 3.63) is 49.6 Å². The predicted molar refractivity (Wildman–Crippen MR) is 82.8 cm³/mol. The summed E-state index contributed by atoms with van der Waals surface area (Å²) >= 11 is 10.4. The molecule has 0 spiro atoms. The number of anilines is 1. The van der Waals surface area contributed by atoms with Gasteiger partial charge in [0.25, 0.3) is 5.91 Å². The highest BCUT2D eigenvalue weighted by molar-refractivity contribution is 9.10. The summed E-state index contributed by atoms with van der Waals surface area (Å²) in [6, 6.07) is 6.52. The first-order valence-electron chi connectivity index (χ1n) is 5.44. The highest BCUT2D eigenvalue weighted by atomic mass is 79.9. The number of hydrogen-bond donors (Lipinski definition) is 1. The van der Waals surface area contributed by atoms with Crippen molar-refractivity contribution in [3.63, 3.8) is 0 Å². The average molecular weight is 375 g/mol. The molecule has 0 aliphatic carbocycles. The molecule has 1 heterocycles. The van der Waals surface area contributed by atoms with E-state index in [1.54, 1.807) is 29.6 Å². The highest BCUT2D eigenvalue weighted by Crippen LogP contribution is 2.25. The fraction of sp³-hybridized carbons (Fsp3) is 0.0769. The SMILES string of the molecule is COC(=O)c1sccc1NC(=O)c1cc(Cl)cc(Br)c1. The summed E-state index contributed by atoms with van der Waals surface area (Å²) in [5.41, 5.74) is 0.814. The molecular formula is C13H9BrClNO3S. The van der Waals surface area contributed by atoms with Gasteiger partial charge in [-0.1, -0.05) is 27.5 Å². The zero-order chi connectivity index (χ0) is 14.7. The predicted octanol–water partition coefficient (Wildman–Crippen LogP) is 4.20. The maximum atomic E-state index is 12.1. The van der Waals surface area contributed by atoms with Crippen LogP contribution in [0.2, 0.25) is 5.02 Å². The lowest BCUT2D eigenvalue weighted by Crippen LogP contribution is -2.14. The number of nitrogens with one attached hydrogen (secondary N) is 1. The fourth-order valence-corrected chi connectivity index (χ4v) is 3.16. The van der Waals surface area contributed by atoms with Crippen LogP contribution in [0.1, 0.15) is 20.0 Å². The molecule has 0 saturated heterocycles. The van der Waals surface area contributed by atoms with Crippen LogP contribution in [-0.2, 0) is 4.74 Å². The van der Waals surface area contributed by atoms with Gasteiger partial charge in [0.05, 0.1) is 12.8 Å². The number of ether oxygens (including phenoxy) is 1. The van der Waals surface area contributed by atoms with E-state index in [0.717, 1.165) is 0 Å². The zero-order valence-electron chi connectivity index (χ0n) is 10.3. The van der Waals surface area contributed by atoms with E-state index in [-0.39, 0.29) is 5.91 Å². The van der Waals surface area contributed by atoms with Gasteiger partial charge in [-0.05, 0) is 29.6 Å². The van der Waals surface area contributed by atoms with Gasteiger partial charge < -0.3 is 10.1 Å². The largest absolute Gasteiger partial charge is 0.465 e. The van der Waals surface area contributed by atoms with E-state index in [4.69, 9.17) is 11.6 Å². The van der Waals surface area contributed by atoms with Gasteiger partial charge in [-0.15, -0.1) is 11.3 Å². The van der Waals surface area contributed by atoms with Crippen LogP contribution in [0.5, 0.6) is 0 Å². The number of amides is 1. The molecule has 0 radical (unpaired) electrons. The van der Waals surface area contributed by atoms with Crippen LogP contribution in [0.4, 0.5) is 5.69 Å². The van der Waals surface area contributed by atoms with Crippen molar-refractivity contribution in [1.82, 2.24) is 0 Å². The van der Waals surface area contributed by atoms with Crippen LogP contribution >= 0.6 is 38.9 Å². The maximum absolute atomic E-state index is 12.1. The summed E-state index contributed by atoms with van der Waals surface area (Å²) in [4.78, 5) is 24.0. The van der Waals surface area contributed by atoms with Crippen molar-refractivity contribution in [3.8, 4) is 0 Å². The van der Waals surface area contributed by atoms with Gasteiger partial charge in [0, 0.05) is 15.1 Å². The molecule has 1 amide bonds. The molecular weight excluding hydrogens is 366 g/mol. The first-order chi connectivity index (χ1) is 9.51. The van der Waals surface area contributed by atoms with Crippen LogP contribution in [0.25, 0.3) is 0 Å². The molecule has 0 fully saturated rings. The number of halogens is 2. The Balaban J connectivity index is 2.24. The summed E-state index contributed by atoms with van der Waals surface area (Å²) in [5.74, 6) is -0.834. The van der Waals surface area contributed by atoms with E-state index in [9.17, 15) is 9.59 Å². The number of benzene rings is 1. The van der Waals surface area contributed by atoms with Gasteiger partial charge in [0.15, 0.2) is 0 Å². The van der Waals surface area contributed by atoms with Crippen molar-refractivity contribution in [2.75, 3.05) is 12.4 Å². The summed E-state index contributed by atoms with van der Waals surface area (Å²) in [6.45, 7) is 0. The van der Waals surface area contributed by atoms with E-state index in [2.05, 4.69) is 26.0 Å². The third kappa shape index (κ3) is 3.39. The third-order valence-corrected chi connectivity index (χ3v) is 3.98. The molecule has 0 atom stereocenters. The lowest BCUT2D eigenvalue weighted by atomic mass is 10.2. The standard InChI is InChI=1S/C13H9BrClNO3S/c1-19-13(18)11-10(2-3-20-11)16-12(17)7-4-8(14)6-9(15)5-7/h2-6H,1H3,(H,16,17). The molecule has 0 bridgehead atoms. The lowest BCUT2D eigenvalue weighted by molar-refractivity contribution is 0.0607. The van der Waals surface area contributed by atoms with Crippen LogP contribution in [0.15, 0.2) is 34.1 Å².